The van der Waals surface area contributed by atoms with Crippen molar-refractivity contribution >= 4 is 23.9 Å². The van der Waals surface area contributed by atoms with Gasteiger partial charge in [-0.1, -0.05) is 149 Å². The van der Waals surface area contributed by atoms with Crippen LogP contribution in [0.5, 0.6) is 0 Å². The zero-order valence-corrected chi connectivity index (χ0v) is 36.0. The zero-order chi connectivity index (χ0) is 40.5. The minimum absolute atomic E-state index is 0.0691. The lowest BCUT2D eigenvalue weighted by atomic mass is 9.79. The van der Waals surface area contributed by atoms with Gasteiger partial charge in [-0.2, -0.15) is 0 Å². The summed E-state index contributed by atoms with van der Waals surface area (Å²) in [6.45, 7) is 6.04. The standard InChI is InChI=1S/C47H80O10/c1-3-5-7-9-11-13-16-20-24-28-52-44(48)36-32-40-42(56-40)34-38(36)46(50)54-30-26-22-18-15-19-23-27-31-55-47(51)39-35-43-41(57-43)33-37(39)45(49)53-29-25-21-17-14-12-10-8-6-4-2/h36-43H,3-35H2,1-2H3. The molecule has 10 nitrogen and oxygen atoms in total. The summed E-state index contributed by atoms with van der Waals surface area (Å²) in [7, 11) is 0. The van der Waals surface area contributed by atoms with Crippen molar-refractivity contribution in [2.45, 2.75) is 224 Å². The Morgan fingerprint density at radius 3 is 0.737 bits per heavy atom. The number of carbonyl (C=O) groups excluding carboxylic acids is 4. The summed E-state index contributed by atoms with van der Waals surface area (Å²) in [5.41, 5.74) is 0. The van der Waals surface area contributed by atoms with Crippen molar-refractivity contribution in [3.05, 3.63) is 0 Å². The molecule has 2 aliphatic heterocycles. The van der Waals surface area contributed by atoms with Gasteiger partial charge in [0, 0.05) is 0 Å². The maximum absolute atomic E-state index is 13.0. The summed E-state index contributed by atoms with van der Waals surface area (Å²) in [4.78, 5) is 52.0. The highest BCUT2D eigenvalue weighted by Gasteiger charge is 2.54. The van der Waals surface area contributed by atoms with E-state index >= 15 is 0 Å². The number of unbranched alkanes of at least 4 members (excludes halogenated alkanes) is 22. The molecule has 2 saturated heterocycles. The molecule has 4 aliphatic rings. The van der Waals surface area contributed by atoms with Crippen LogP contribution in [0.1, 0.15) is 200 Å². The lowest BCUT2D eigenvalue weighted by molar-refractivity contribution is -0.162. The molecule has 10 heteroatoms. The second kappa shape index (κ2) is 28.3. The van der Waals surface area contributed by atoms with Gasteiger partial charge in [-0.15, -0.1) is 0 Å². The van der Waals surface area contributed by atoms with E-state index in [9.17, 15) is 19.2 Å². The van der Waals surface area contributed by atoms with E-state index in [-0.39, 0.29) is 48.3 Å². The monoisotopic (exact) mass is 805 g/mol. The number of fused-ring (bicyclic) bond motifs is 2. The Morgan fingerprint density at radius 2 is 0.526 bits per heavy atom. The molecule has 0 radical (unpaired) electrons. The van der Waals surface area contributed by atoms with Crippen LogP contribution in [0.3, 0.4) is 0 Å². The summed E-state index contributed by atoms with van der Waals surface area (Å²) in [6.07, 6.45) is 30.9. The zero-order valence-electron chi connectivity index (χ0n) is 36.0. The summed E-state index contributed by atoms with van der Waals surface area (Å²) in [6, 6.07) is 0. The van der Waals surface area contributed by atoms with E-state index < -0.39 is 23.7 Å². The fraction of sp³-hybridized carbons (Fsp3) is 0.915. The van der Waals surface area contributed by atoms with E-state index in [1.165, 1.54) is 89.9 Å². The van der Waals surface area contributed by atoms with Crippen LogP contribution in [0.4, 0.5) is 0 Å². The number of epoxide rings is 2. The molecule has 0 aromatic rings. The molecular weight excluding hydrogens is 725 g/mol. The molecule has 328 valence electrons. The predicted molar refractivity (Wildman–Crippen MR) is 220 cm³/mol. The van der Waals surface area contributed by atoms with Crippen molar-refractivity contribution in [1.82, 2.24) is 0 Å². The third-order valence-corrected chi connectivity index (χ3v) is 12.8. The summed E-state index contributed by atoms with van der Waals surface area (Å²) in [5, 5.41) is 0. The molecular formula is C47H80O10. The normalized spacial score (nSPS) is 25.9. The number of rotatable bonds is 34. The molecule has 0 bridgehead atoms. The van der Waals surface area contributed by atoms with E-state index in [1.807, 2.05) is 0 Å². The molecule has 57 heavy (non-hydrogen) atoms. The SMILES string of the molecule is CCCCCCCCCCCOC(=O)C1CC2OC2CC1C(=O)OCCCCCCCCCOC(=O)C1CC2OC2CC1C(=O)OCCCCCCCCCCC. The molecule has 0 spiro atoms. The number of hydrogen-bond donors (Lipinski definition) is 0. The highest BCUT2D eigenvalue weighted by Crippen LogP contribution is 2.45. The van der Waals surface area contributed by atoms with Crippen molar-refractivity contribution in [1.29, 1.82) is 0 Å². The van der Waals surface area contributed by atoms with Gasteiger partial charge in [0.25, 0.3) is 0 Å². The minimum Gasteiger partial charge on any atom is -0.465 e. The van der Waals surface area contributed by atoms with Gasteiger partial charge in [-0.25, -0.2) is 0 Å². The first-order chi connectivity index (χ1) is 27.9. The van der Waals surface area contributed by atoms with Gasteiger partial charge in [-0.3, -0.25) is 19.2 Å². The van der Waals surface area contributed by atoms with Gasteiger partial charge in [-0.05, 0) is 51.4 Å². The van der Waals surface area contributed by atoms with Crippen molar-refractivity contribution in [3.8, 4) is 0 Å². The molecule has 2 saturated carbocycles. The molecule has 2 aliphatic carbocycles. The topological polar surface area (TPSA) is 130 Å². The fourth-order valence-corrected chi connectivity index (χ4v) is 8.92. The molecule has 2 heterocycles. The molecule has 8 unspecified atom stereocenters. The number of esters is 4. The smallest absolute Gasteiger partial charge is 0.309 e. The van der Waals surface area contributed by atoms with Crippen LogP contribution in [-0.4, -0.2) is 74.7 Å². The first-order valence-electron chi connectivity index (χ1n) is 23.9. The van der Waals surface area contributed by atoms with Gasteiger partial charge >= 0.3 is 23.9 Å². The Labute approximate surface area is 345 Å². The first-order valence-corrected chi connectivity index (χ1v) is 23.9. The van der Waals surface area contributed by atoms with Crippen molar-refractivity contribution in [3.63, 3.8) is 0 Å². The Bertz CT molecular complexity index is 1060. The molecule has 4 rings (SSSR count). The van der Waals surface area contributed by atoms with Gasteiger partial charge < -0.3 is 28.4 Å². The first kappa shape index (κ1) is 47.5. The molecule has 0 aromatic carbocycles. The highest BCUT2D eigenvalue weighted by molar-refractivity contribution is 5.83. The van der Waals surface area contributed by atoms with Gasteiger partial charge in [0.15, 0.2) is 0 Å². The second-order valence-corrected chi connectivity index (χ2v) is 17.6. The molecule has 4 fully saturated rings. The summed E-state index contributed by atoms with van der Waals surface area (Å²) >= 11 is 0. The highest BCUT2D eigenvalue weighted by atomic mass is 16.6. The largest absolute Gasteiger partial charge is 0.465 e. The predicted octanol–water partition coefficient (Wildman–Crippen LogP) is 10.5. The van der Waals surface area contributed by atoms with Crippen molar-refractivity contribution < 1.29 is 47.6 Å². The van der Waals surface area contributed by atoms with Crippen LogP contribution in [0.2, 0.25) is 0 Å². The molecule has 0 aromatic heterocycles. The lowest BCUT2D eigenvalue weighted by Crippen LogP contribution is -2.37. The van der Waals surface area contributed by atoms with Crippen LogP contribution in [0.25, 0.3) is 0 Å². The Morgan fingerprint density at radius 1 is 0.333 bits per heavy atom. The summed E-state index contributed by atoms with van der Waals surface area (Å²) < 4.78 is 33.9. The van der Waals surface area contributed by atoms with E-state index in [0.717, 1.165) is 70.6 Å². The van der Waals surface area contributed by atoms with E-state index in [0.29, 0.717) is 52.1 Å². The van der Waals surface area contributed by atoms with Crippen LogP contribution in [0.15, 0.2) is 0 Å². The summed E-state index contributed by atoms with van der Waals surface area (Å²) in [5.74, 6) is -3.05. The Hall–Kier alpha value is -2.20. The lowest BCUT2D eigenvalue weighted by Gasteiger charge is -2.26. The maximum Gasteiger partial charge on any atom is 0.309 e. The number of hydrogen-bond acceptors (Lipinski definition) is 10. The average Bonchev–Trinajstić information content (AvgIpc) is 4.15. The van der Waals surface area contributed by atoms with Crippen LogP contribution in [0, 0.1) is 23.7 Å². The van der Waals surface area contributed by atoms with Crippen LogP contribution < -0.4 is 0 Å². The van der Waals surface area contributed by atoms with E-state index in [2.05, 4.69) is 13.8 Å². The fourth-order valence-electron chi connectivity index (χ4n) is 8.92. The van der Waals surface area contributed by atoms with Crippen LogP contribution >= 0.6 is 0 Å². The quantitative estimate of drug-likeness (QED) is 0.0268. The third kappa shape index (κ3) is 18.7. The molecule has 0 amide bonds. The van der Waals surface area contributed by atoms with Gasteiger partial charge in [0.1, 0.15) is 0 Å². The third-order valence-electron chi connectivity index (χ3n) is 12.8. The second-order valence-electron chi connectivity index (χ2n) is 17.6. The molecule has 8 atom stereocenters. The van der Waals surface area contributed by atoms with E-state index in [1.54, 1.807) is 0 Å². The Balaban J connectivity index is 0.976. The maximum atomic E-state index is 13.0. The number of carbonyl (C=O) groups is 4. The van der Waals surface area contributed by atoms with Crippen LogP contribution in [-0.2, 0) is 47.6 Å². The Kier molecular flexibility index (Phi) is 23.6. The molecule has 0 N–H and O–H groups in total. The van der Waals surface area contributed by atoms with E-state index in [4.69, 9.17) is 28.4 Å². The van der Waals surface area contributed by atoms with Gasteiger partial charge in [0.05, 0.1) is 74.5 Å². The number of ether oxygens (including phenoxy) is 6. The van der Waals surface area contributed by atoms with Crippen molar-refractivity contribution in [2.24, 2.45) is 23.7 Å². The van der Waals surface area contributed by atoms with Crippen molar-refractivity contribution in [2.75, 3.05) is 26.4 Å². The minimum atomic E-state index is -0.482. The average molecular weight is 805 g/mol. The van der Waals surface area contributed by atoms with Gasteiger partial charge in [0.2, 0.25) is 0 Å².